The quantitative estimate of drug-likeness (QED) is 0.0345. The molecule has 350 valence electrons. The molecule has 0 heterocycles. The molecule has 0 unspecified atom stereocenters. The highest BCUT2D eigenvalue weighted by Crippen LogP contribution is 2.17. The van der Waals surface area contributed by atoms with E-state index in [0.717, 1.165) is 63.7 Å². The first-order valence-electron chi connectivity index (χ1n) is 26.4. The highest BCUT2D eigenvalue weighted by Gasteiger charge is 2.19. The number of carbonyl (C=O) groups is 3. The lowest BCUT2D eigenvalue weighted by molar-refractivity contribution is -0.167. The molecule has 0 rings (SSSR count). The fourth-order valence-electron chi connectivity index (χ4n) is 8.04. The second-order valence-corrected chi connectivity index (χ2v) is 18.6. The molecule has 0 aliphatic rings. The predicted octanol–water partition coefficient (Wildman–Crippen LogP) is 17.1. The Balaban J connectivity index is 4.30. The summed E-state index contributed by atoms with van der Waals surface area (Å²) in [5, 5.41) is 0. The smallest absolute Gasteiger partial charge is 0.306 e. The molecule has 0 spiro atoms. The second kappa shape index (κ2) is 47.5. The van der Waals surface area contributed by atoms with Crippen molar-refractivity contribution >= 4 is 17.9 Å². The van der Waals surface area contributed by atoms with Crippen LogP contribution in [0, 0.1) is 5.92 Å². The second-order valence-electron chi connectivity index (χ2n) is 18.6. The summed E-state index contributed by atoms with van der Waals surface area (Å²) in [4.78, 5) is 37.9. The Labute approximate surface area is 368 Å². The van der Waals surface area contributed by atoms with Gasteiger partial charge < -0.3 is 14.2 Å². The summed E-state index contributed by atoms with van der Waals surface area (Å²) < 4.78 is 16.8. The molecule has 0 aliphatic heterocycles. The summed E-state index contributed by atoms with van der Waals surface area (Å²) in [7, 11) is 0. The van der Waals surface area contributed by atoms with Gasteiger partial charge in [-0.2, -0.15) is 0 Å². The third-order valence-corrected chi connectivity index (χ3v) is 12.0. The summed E-state index contributed by atoms with van der Waals surface area (Å²) in [6, 6.07) is 0. The minimum absolute atomic E-state index is 0.0629. The number of esters is 3. The van der Waals surface area contributed by atoms with Crippen LogP contribution in [-0.2, 0) is 28.6 Å². The van der Waals surface area contributed by atoms with Crippen LogP contribution < -0.4 is 0 Å². The van der Waals surface area contributed by atoms with Crippen molar-refractivity contribution in [3.63, 3.8) is 0 Å². The molecule has 0 radical (unpaired) electrons. The van der Waals surface area contributed by atoms with E-state index in [4.69, 9.17) is 14.2 Å². The van der Waals surface area contributed by atoms with E-state index in [1.165, 1.54) is 193 Å². The Morgan fingerprint density at radius 1 is 0.322 bits per heavy atom. The van der Waals surface area contributed by atoms with Crippen molar-refractivity contribution in [2.45, 2.75) is 303 Å². The Kier molecular flexibility index (Phi) is 46.2. The molecule has 0 aromatic rings. The fourth-order valence-corrected chi connectivity index (χ4v) is 8.04. The van der Waals surface area contributed by atoms with E-state index < -0.39 is 6.10 Å². The summed E-state index contributed by atoms with van der Waals surface area (Å²) in [6.45, 7) is 9.00. The van der Waals surface area contributed by atoms with Gasteiger partial charge in [0.2, 0.25) is 0 Å². The fraction of sp³-hybridized carbons (Fsp3) is 0.943. The lowest BCUT2D eigenvalue weighted by Crippen LogP contribution is -2.30. The Hall–Kier alpha value is -1.59. The number of ether oxygens (including phenoxy) is 3. The van der Waals surface area contributed by atoms with Gasteiger partial charge in [0, 0.05) is 19.3 Å². The molecule has 0 N–H and O–H groups in total. The summed E-state index contributed by atoms with van der Waals surface area (Å²) in [6.07, 6.45) is 49.5. The zero-order valence-corrected chi connectivity index (χ0v) is 40.2. The van der Waals surface area contributed by atoms with Gasteiger partial charge in [-0.15, -0.1) is 0 Å². The predicted molar refractivity (Wildman–Crippen MR) is 252 cm³/mol. The minimum atomic E-state index is -0.761. The van der Waals surface area contributed by atoms with Gasteiger partial charge in [-0.05, 0) is 25.2 Å². The van der Waals surface area contributed by atoms with Gasteiger partial charge in [-0.1, -0.05) is 259 Å². The van der Waals surface area contributed by atoms with Crippen LogP contribution in [-0.4, -0.2) is 37.2 Å². The van der Waals surface area contributed by atoms with Crippen LogP contribution >= 0.6 is 0 Å². The maximum absolute atomic E-state index is 12.8. The van der Waals surface area contributed by atoms with Crippen molar-refractivity contribution < 1.29 is 28.6 Å². The number of rotatable bonds is 48. The molecule has 0 bridgehead atoms. The molecule has 0 saturated heterocycles. The summed E-state index contributed by atoms with van der Waals surface area (Å²) >= 11 is 0. The van der Waals surface area contributed by atoms with Crippen molar-refractivity contribution in [3.8, 4) is 0 Å². The lowest BCUT2D eigenvalue weighted by atomic mass is 10.0. The third kappa shape index (κ3) is 47.3. The van der Waals surface area contributed by atoms with Gasteiger partial charge in [-0.25, -0.2) is 0 Å². The third-order valence-electron chi connectivity index (χ3n) is 12.0. The van der Waals surface area contributed by atoms with Crippen molar-refractivity contribution in [2.75, 3.05) is 13.2 Å². The first-order valence-corrected chi connectivity index (χ1v) is 26.4. The van der Waals surface area contributed by atoms with Gasteiger partial charge >= 0.3 is 17.9 Å². The van der Waals surface area contributed by atoms with Crippen molar-refractivity contribution in [1.82, 2.24) is 0 Å². The van der Waals surface area contributed by atoms with Crippen molar-refractivity contribution in [1.29, 1.82) is 0 Å². The van der Waals surface area contributed by atoms with E-state index in [1.54, 1.807) is 0 Å². The first kappa shape index (κ1) is 57.4. The average molecular weight is 835 g/mol. The minimum Gasteiger partial charge on any atom is -0.462 e. The normalized spacial score (nSPS) is 11.9. The van der Waals surface area contributed by atoms with Crippen LogP contribution in [0.3, 0.4) is 0 Å². The number of unbranched alkanes of at least 4 members (excludes halogenated alkanes) is 35. The molecule has 6 nitrogen and oxygen atoms in total. The van der Waals surface area contributed by atoms with Crippen LogP contribution in [0.25, 0.3) is 0 Å². The number of hydrogen-bond donors (Lipinski definition) is 0. The van der Waals surface area contributed by atoms with E-state index in [-0.39, 0.29) is 31.1 Å². The zero-order chi connectivity index (χ0) is 43.1. The van der Waals surface area contributed by atoms with Crippen LogP contribution in [0.4, 0.5) is 0 Å². The molecule has 59 heavy (non-hydrogen) atoms. The van der Waals surface area contributed by atoms with Crippen molar-refractivity contribution in [2.24, 2.45) is 5.92 Å². The molecule has 0 aromatic heterocycles. The van der Waals surface area contributed by atoms with Gasteiger partial charge in [0.05, 0.1) is 0 Å². The van der Waals surface area contributed by atoms with Crippen LogP contribution in [0.1, 0.15) is 297 Å². The highest BCUT2D eigenvalue weighted by atomic mass is 16.6. The van der Waals surface area contributed by atoms with Gasteiger partial charge in [-0.3, -0.25) is 14.4 Å². The molecular formula is C53H102O6. The number of hydrogen-bond acceptors (Lipinski definition) is 6. The average Bonchev–Trinajstić information content (AvgIpc) is 3.22. The summed E-state index contributed by atoms with van der Waals surface area (Å²) in [5.41, 5.74) is 0. The van der Waals surface area contributed by atoms with Crippen LogP contribution in [0.15, 0.2) is 0 Å². The van der Waals surface area contributed by atoms with Crippen molar-refractivity contribution in [3.05, 3.63) is 0 Å². The molecule has 0 saturated carbocycles. The van der Waals surface area contributed by atoms with Gasteiger partial charge in [0.15, 0.2) is 6.10 Å². The molecule has 6 heteroatoms. The molecule has 0 fully saturated rings. The van der Waals surface area contributed by atoms with E-state index in [9.17, 15) is 14.4 Å². The molecule has 0 aliphatic carbocycles. The van der Waals surface area contributed by atoms with E-state index in [1.807, 2.05) is 0 Å². The molecule has 1 atom stereocenters. The SMILES string of the molecule is CCCCCCCCCCCCCCCCCC(=O)OC[C@H](COC(=O)CCCCCCCCCCC(C)C)OC(=O)CCCCCCCCCCCCCCCCC. The highest BCUT2D eigenvalue weighted by molar-refractivity contribution is 5.71. The lowest BCUT2D eigenvalue weighted by Gasteiger charge is -2.18. The molecule has 0 amide bonds. The summed E-state index contributed by atoms with van der Waals surface area (Å²) in [5.74, 6) is -0.0478. The monoisotopic (exact) mass is 835 g/mol. The zero-order valence-electron chi connectivity index (χ0n) is 40.2. The molecule has 0 aromatic carbocycles. The Bertz CT molecular complexity index is 887. The van der Waals surface area contributed by atoms with E-state index >= 15 is 0 Å². The van der Waals surface area contributed by atoms with Crippen LogP contribution in [0.5, 0.6) is 0 Å². The maximum Gasteiger partial charge on any atom is 0.306 e. The van der Waals surface area contributed by atoms with Gasteiger partial charge in [0.25, 0.3) is 0 Å². The van der Waals surface area contributed by atoms with Crippen LogP contribution in [0.2, 0.25) is 0 Å². The van der Waals surface area contributed by atoms with E-state index in [0.29, 0.717) is 19.3 Å². The first-order chi connectivity index (χ1) is 28.9. The largest absolute Gasteiger partial charge is 0.462 e. The van der Waals surface area contributed by atoms with E-state index in [2.05, 4.69) is 27.7 Å². The van der Waals surface area contributed by atoms with Gasteiger partial charge in [0.1, 0.15) is 13.2 Å². The topological polar surface area (TPSA) is 78.9 Å². The standard InChI is InChI=1S/C53H102O6/c1-5-7-9-11-13-15-17-19-21-23-25-27-32-36-40-44-51(54)57-47-50(48-58-52(55)45-41-37-33-30-29-31-35-39-43-49(3)4)59-53(56)46-42-38-34-28-26-24-22-20-18-16-14-12-10-8-6-2/h49-50H,5-48H2,1-4H3/t50-/m1/s1. The molecular weight excluding hydrogens is 733 g/mol. The number of carbonyl (C=O) groups excluding carboxylic acids is 3. The Morgan fingerprint density at radius 3 is 0.831 bits per heavy atom. The Morgan fingerprint density at radius 2 is 0.559 bits per heavy atom. The maximum atomic E-state index is 12.8.